The molecule has 0 saturated heterocycles. The largest absolute Gasteiger partial charge is 0.314 e. The minimum atomic E-state index is 0.673. The van der Waals surface area contributed by atoms with Crippen LogP contribution in [0.4, 0.5) is 0 Å². The van der Waals surface area contributed by atoms with E-state index < -0.39 is 0 Å². The van der Waals surface area contributed by atoms with Crippen LogP contribution in [-0.4, -0.2) is 32.6 Å². The average Bonchev–Trinajstić information content (AvgIpc) is 2.86. The van der Waals surface area contributed by atoms with Crippen LogP contribution < -0.4 is 5.32 Å². The number of thioether (sulfide) groups is 1. The SMILES string of the molecule is CCCNC1CCC(Sc2nncn2C)C1C. The van der Waals surface area contributed by atoms with E-state index in [1.54, 1.807) is 6.33 Å². The van der Waals surface area contributed by atoms with E-state index in [0.717, 1.165) is 11.7 Å². The molecule has 1 heterocycles. The molecule has 0 aliphatic heterocycles. The molecule has 1 aliphatic rings. The molecule has 1 aliphatic carbocycles. The monoisotopic (exact) mass is 254 g/mol. The molecule has 4 nitrogen and oxygen atoms in total. The molecular weight excluding hydrogens is 232 g/mol. The van der Waals surface area contributed by atoms with Gasteiger partial charge in [-0.2, -0.15) is 0 Å². The number of hydrogen-bond acceptors (Lipinski definition) is 4. The fourth-order valence-corrected chi connectivity index (χ4v) is 3.66. The second kappa shape index (κ2) is 5.87. The fourth-order valence-electron chi connectivity index (χ4n) is 2.43. The Morgan fingerprint density at radius 3 is 3.00 bits per heavy atom. The van der Waals surface area contributed by atoms with Gasteiger partial charge in [-0.25, -0.2) is 0 Å². The van der Waals surface area contributed by atoms with E-state index in [-0.39, 0.29) is 0 Å². The third-order valence-corrected chi connectivity index (χ3v) is 5.11. The van der Waals surface area contributed by atoms with Gasteiger partial charge in [-0.1, -0.05) is 25.6 Å². The molecule has 96 valence electrons. The van der Waals surface area contributed by atoms with Crippen molar-refractivity contribution in [3.8, 4) is 0 Å². The molecule has 0 spiro atoms. The lowest BCUT2D eigenvalue weighted by atomic mass is 10.1. The van der Waals surface area contributed by atoms with Crippen molar-refractivity contribution in [3.63, 3.8) is 0 Å². The zero-order chi connectivity index (χ0) is 12.3. The van der Waals surface area contributed by atoms with Gasteiger partial charge in [0.1, 0.15) is 6.33 Å². The quantitative estimate of drug-likeness (QED) is 0.873. The summed E-state index contributed by atoms with van der Waals surface area (Å²) < 4.78 is 2.00. The van der Waals surface area contributed by atoms with Crippen LogP contribution in [0.2, 0.25) is 0 Å². The van der Waals surface area contributed by atoms with E-state index in [1.807, 2.05) is 23.4 Å². The molecule has 0 amide bonds. The Labute approximate surface area is 108 Å². The van der Waals surface area contributed by atoms with Crippen molar-refractivity contribution >= 4 is 11.8 Å². The Kier molecular flexibility index (Phi) is 4.45. The van der Waals surface area contributed by atoms with Crippen LogP contribution in [0.25, 0.3) is 0 Å². The topological polar surface area (TPSA) is 42.7 Å². The maximum atomic E-state index is 4.16. The lowest BCUT2D eigenvalue weighted by Crippen LogP contribution is -2.33. The van der Waals surface area contributed by atoms with E-state index in [9.17, 15) is 0 Å². The van der Waals surface area contributed by atoms with Gasteiger partial charge in [-0.15, -0.1) is 10.2 Å². The van der Waals surface area contributed by atoms with Gasteiger partial charge in [0.15, 0.2) is 5.16 Å². The molecular formula is C12H22N4S. The van der Waals surface area contributed by atoms with Crippen LogP contribution in [0.15, 0.2) is 11.5 Å². The lowest BCUT2D eigenvalue weighted by Gasteiger charge is -2.20. The summed E-state index contributed by atoms with van der Waals surface area (Å²) in [5.74, 6) is 0.711. The van der Waals surface area contributed by atoms with Crippen LogP contribution in [-0.2, 0) is 7.05 Å². The van der Waals surface area contributed by atoms with E-state index >= 15 is 0 Å². The second-order valence-corrected chi connectivity index (χ2v) is 6.08. The number of rotatable bonds is 5. The molecule has 0 bridgehead atoms. The number of aromatic nitrogens is 3. The first-order chi connectivity index (χ1) is 8.22. The summed E-state index contributed by atoms with van der Waals surface area (Å²) in [4.78, 5) is 0. The van der Waals surface area contributed by atoms with Crippen LogP contribution in [0.3, 0.4) is 0 Å². The maximum Gasteiger partial charge on any atom is 0.191 e. The van der Waals surface area contributed by atoms with E-state index in [1.165, 1.54) is 19.3 Å². The molecule has 1 saturated carbocycles. The van der Waals surface area contributed by atoms with Crippen molar-refractivity contribution in [2.24, 2.45) is 13.0 Å². The second-order valence-electron chi connectivity index (χ2n) is 4.88. The molecule has 2 rings (SSSR count). The van der Waals surface area contributed by atoms with Gasteiger partial charge >= 0.3 is 0 Å². The van der Waals surface area contributed by atoms with Gasteiger partial charge in [0.25, 0.3) is 0 Å². The number of hydrogen-bond donors (Lipinski definition) is 1. The highest BCUT2D eigenvalue weighted by Gasteiger charge is 2.33. The third kappa shape index (κ3) is 3.01. The lowest BCUT2D eigenvalue weighted by molar-refractivity contribution is 0.431. The van der Waals surface area contributed by atoms with Gasteiger partial charge < -0.3 is 9.88 Å². The standard InChI is InChI=1S/C12H22N4S/c1-4-7-13-10-5-6-11(9(10)2)17-12-15-14-8-16(12)3/h8-11,13H,4-7H2,1-3H3. The van der Waals surface area contributed by atoms with Crippen molar-refractivity contribution in [2.75, 3.05) is 6.54 Å². The Balaban J connectivity index is 1.89. The van der Waals surface area contributed by atoms with Gasteiger partial charge in [-0.05, 0) is 31.7 Å². The zero-order valence-corrected chi connectivity index (χ0v) is 11.7. The van der Waals surface area contributed by atoms with E-state index in [2.05, 4.69) is 29.4 Å². The summed E-state index contributed by atoms with van der Waals surface area (Å²) in [5, 5.41) is 13.5. The van der Waals surface area contributed by atoms with Crippen molar-refractivity contribution in [2.45, 2.75) is 49.6 Å². The number of aryl methyl sites for hydroxylation is 1. The Hall–Kier alpha value is -0.550. The molecule has 1 N–H and O–H groups in total. The van der Waals surface area contributed by atoms with Gasteiger partial charge in [0, 0.05) is 18.3 Å². The Morgan fingerprint density at radius 1 is 1.53 bits per heavy atom. The molecule has 1 fully saturated rings. The van der Waals surface area contributed by atoms with Crippen LogP contribution in [0, 0.1) is 5.92 Å². The maximum absolute atomic E-state index is 4.16. The van der Waals surface area contributed by atoms with Gasteiger partial charge in [-0.3, -0.25) is 0 Å². The normalized spacial score (nSPS) is 28.8. The molecule has 3 unspecified atom stereocenters. The fraction of sp³-hybridized carbons (Fsp3) is 0.833. The van der Waals surface area contributed by atoms with Gasteiger partial charge in [0.05, 0.1) is 0 Å². The summed E-state index contributed by atoms with van der Waals surface area (Å²) in [6.45, 7) is 5.71. The predicted molar refractivity (Wildman–Crippen MR) is 71.1 cm³/mol. The number of nitrogens with one attached hydrogen (secondary N) is 1. The molecule has 0 radical (unpaired) electrons. The summed E-state index contributed by atoms with van der Waals surface area (Å²) in [6.07, 6.45) is 5.55. The first-order valence-electron chi connectivity index (χ1n) is 6.46. The smallest absolute Gasteiger partial charge is 0.191 e. The van der Waals surface area contributed by atoms with E-state index in [4.69, 9.17) is 0 Å². The zero-order valence-electron chi connectivity index (χ0n) is 10.9. The highest BCUT2D eigenvalue weighted by atomic mass is 32.2. The third-order valence-electron chi connectivity index (χ3n) is 3.57. The highest BCUT2D eigenvalue weighted by Crippen LogP contribution is 2.37. The minimum Gasteiger partial charge on any atom is -0.314 e. The van der Waals surface area contributed by atoms with Crippen molar-refractivity contribution < 1.29 is 0 Å². The number of nitrogens with zero attached hydrogens (tertiary/aromatic N) is 3. The summed E-state index contributed by atoms with van der Waals surface area (Å²) in [5.41, 5.74) is 0. The van der Waals surface area contributed by atoms with Crippen LogP contribution >= 0.6 is 11.8 Å². The first kappa shape index (κ1) is 12.9. The molecule has 5 heteroatoms. The van der Waals surface area contributed by atoms with Crippen molar-refractivity contribution in [3.05, 3.63) is 6.33 Å². The van der Waals surface area contributed by atoms with E-state index in [0.29, 0.717) is 17.2 Å². The minimum absolute atomic E-state index is 0.673. The predicted octanol–water partition coefficient (Wildman–Crippen LogP) is 2.07. The molecule has 17 heavy (non-hydrogen) atoms. The van der Waals surface area contributed by atoms with Crippen LogP contribution in [0.1, 0.15) is 33.1 Å². The first-order valence-corrected chi connectivity index (χ1v) is 7.34. The summed E-state index contributed by atoms with van der Waals surface area (Å²) in [6, 6.07) is 0.681. The Morgan fingerprint density at radius 2 is 2.35 bits per heavy atom. The van der Waals surface area contributed by atoms with Crippen molar-refractivity contribution in [1.29, 1.82) is 0 Å². The Bertz CT molecular complexity index is 352. The van der Waals surface area contributed by atoms with Crippen LogP contribution in [0.5, 0.6) is 0 Å². The highest BCUT2D eigenvalue weighted by molar-refractivity contribution is 7.99. The van der Waals surface area contributed by atoms with Crippen molar-refractivity contribution in [1.82, 2.24) is 20.1 Å². The summed E-state index contributed by atoms with van der Waals surface area (Å²) >= 11 is 1.88. The summed E-state index contributed by atoms with van der Waals surface area (Å²) in [7, 11) is 2.01. The molecule has 1 aromatic rings. The van der Waals surface area contributed by atoms with Gasteiger partial charge in [0.2, 0.25) is 0 Å². The molecule has 1 aromatic heterocycles. The molecule has 0 aromatic carbocycles. The average molecular weight is 254 g/mol. The molecule has 3 atom stereocenters.